The molecule has 1 heteroatoms. The molecule has 1 spiro atoms. The fourth-order valence-electron chi connectivity index (χ4n) is 5.56. The van der Waals surface area contributed by atoms with Crippen LogP contribution in [0.2, 0.25) is 0 Å². The van der Waals surface area contributed by atoms with Crippen LogP contribution in [0.1, 0.15) is 81.3 Å². The predicted molar refractivity (Wildman–Crippen MR) is 132 cm³/mol. The van der Waals surface area contributed by atoms with E-state index < -0.39 is 0 Å². The van der Waals surface area contributed by atoms with E-state index in [0.29, 0.717) is 0 Å². The maximum atomic E-state index is 3.85. The summed E-state index contributed by atoms with van der Waals surface area (Å²) < 4.78 is 1.26. The maximum Gasteiger partial charge on any atom is 0.0470 e. The van der Waals surface area contributed by atoms with Crippen molar-refractivity contribution in [2.75, 3.05) is 0 Å². The van der Waals surface area contributed by atoms with Gasteiger partial charge in [0.2, 0.25) is 0 Å². The minimum atomic E-state index is -0.0354. The van der Waals surface area contributed by atoms with Crippen molar-refractivity contribution in [2.45, 2.75) is 70.6 Å². The first-order valence-corrected chi connectivity index (χ1v) is 11.9. The van der Waals surface area contributed by atoms with Crippen molar-refractivity contribution in [3.8, 4) is 11.1 Å². The van der Waals surface area contributed by atoms with Crippen LogP contribution in [-0.2, 0) is 22.7 Å². The molecule has 154 valence electrons. The molecule has 2 aliphatic rings. The lowest BCUT2D eigenvalue weighted by Crippen LogP contribution is -2.25. The van der Waals surface area contributed by atoms with E-state index in [1.54, 1.807) is 0 Å². The van der Waals surface area contributed by atoms with Crippen LogP contribution in [-0.4, -0.2) is 0 Å². The third kappa shape index (κ3) is 2.71. The van der Waals surface area contributed by atoms with E-state index in [1.807, 2.05) is 0 Å². The molecule has 0 aliphatic heterocycles. The summed E-state index contributed by atoms with van der Waals surface area (Å²) >= 11 is 3.85. The molecule has 30 heavy (non-hydrogen) atoms. The standard InChI is InChI=1S/C29H31Br/c1-27(2,3)18-10-12-20-21-13-11-19(28(4,5)6)17-25(21)29(24(20)16-18)15-14-22-23(29)8-7-9-26(22)30/h7-13,16-17H,14-15H2,1-6H3. The van der Waals surface area contributed by atoms with E-state index in [2.05, 4.69) is 112 Å². The van der Waals surface area contributed by atoms with Crippen LogP contribution in [0, 0.1) is 0 Å². The molecular weight excluding hydrogens is 428 g/mol. The van der Waals surface area contributed by atoms with E-state index in [0.717, 1.165) is 12.8 Å². The molecule has 0 unspecified atom stereocenters. The van der Waals surface area contributed by atoms with Crippen molar-refractivity contribution < 1.29 is 0 Å². The maximum absolute atomic E-state index is 3.85. The fourth-order valence-corrected chi connectivity index (χ4v) is 6.13. The van der Waals surface area contributed by atoms with Crippen LogP contribution in [0.4, 0.5) is 0 Å². The first kappa shape index (κ1) is 20.1. The van der Waals surface area contributed by atoms with Crippen LogP contribution < -0.4 is 0 Å². The summed E-state index contributed by atoms with van der Waals surface area (Å²) in [6.07, 6.45) is 2.27. The van der Waals surface area contributed by atoms with Gasteiger partial charge in [-0.05, 0) is 74.2 Å². The van der Waals surface area contributed by atoms with Gasteiger partial charge in [-0.2, -0.15) is 0 Å². The van der Waals surface area contributed by atoms with Gasteiger partial charge in [-0.3, -0.25) is 0 Å². The van der Waals surface area contributed by atoms with E-state index in [9.17, 15) is 0 Å². The average Bonchev–Trinajstić information content (AvgIpc) is 3.19. The number of benzene rings is 3. The second-order valence-corrected chi connectivity index (χ2v) is 12.0. The summed E-state index contributed by atoms with van der Waals surface area (Å²) in [5.41, 5.74) is 11.9. The van der Waals surface area contributed by atoms with Gasteiger partial charge in [0.15, 0.2) is 0 Å². The first-order valence-electron chi connectivity index (χ1n) is 11.1. The Kier molecular flexibility index (Phi) is 4.23. The molecule has 0 saturated carbocycles. The highest BCUT2D eigenvalue weighted by Crippen LogP contribution is 2.59. The minimum absolute atomic E-state index is 0.0354. The average molecular weight is 459 g/mol. The van der Waals surface area contributed by atoms with Crippen molar-refractivity contribution >= 4 is 15.9 Å². The van der Waals surface area contributed by atoms with Crippen LogP contribution in [0.15, 0.2) is 59.1 Å². The lowest BCUT2D eigenvalue weighted by atomic mass is 9.71. The van der Waals surface area contributed by atoms with Gasteiger partial charge in [0.25, 0.3) is 0 Å². The Morgan fingerprint density at radius 3 is 1.73 bits per heavy atom. The number of hydrogen-bond donors (Lipinski definition) is 0. The molecule has 3 aromatic carbocycles. The van der Waals surface area contributed by atoms with Gasteiger partial charge in [-0.25, -0.2) is 0 Å². The molecule has 0 N–H and O–H groups in total. The van der Waals surface area contributed by atoms with Gasteiger partial charge in [-0.1, -0.05) is 106 Å². The SMILES string of the molecule is CC(C)(C)c1ccc2c(c1)C1(CCc3c(Br)cccc31)c1cc(C(C)(C)C)ccc1-2. The van der Waals surface area contributed by atoms with Crippen LogP contribution in [0.5, 0.6) is 0 Å². The molecule has 0 fully saturated rings. The summed E-state index contributed by atoms with van der Waals surface area (Å²) in [6.45, 7) is 13.9. The fraction of sp³-hybridized carbons (Fsp3) is 0.379. The highest BCUT2D eigenvalue weighted by atomic mass is 79.9. The zero-order chi connectivity index (χ0) is 21.5. The molecule has 0 radical (unpaired) electrons. The van der Waals surface area contributed by atoms with Gasteiger partial charge >= 0.3 is 0 Å². The Morgan fingerprint density at radius 1 is 0.700 bits per heavy atom. The highest BCUT2D eigenvalue weighted by molar-refractivity contribution is 9.10. The van der Waals surface area contributed by atoms with Gasteiger partial charge in [0, 0.05) is 9.89 Å². The van der Waals surface area contributed by atoms with Crippen LogP contribution in [0.3, 0.4) is 0 Å². The van der Waals surface area contributed by atoms with E-state index in [4.69, 9.17) is 0 Å². The van der Waals surface area contributed by atoms with Crippen molar-refractivity contribution in [2.24, 2.45) is 0 Å². The second-order valence-electron chi connectivity index (χ2n) is 11.2. The Balaban J connectivity index is 1.87. The van der Waals surface area contributed by atoms with Crippen molar-refractivity contribution in [1.29, 1.82) is 0 Å². The van der Waals surface area contributed by atoms with E-state index in [-0.39, 0.29) is 16.2 Å². The van der Waals surface area contributed by atoms with Gasteiger partial charge in [-0.15, -0.1) is 0 Å². The normalized spacial score (nSPS) is 16.5. The van der Waals surface area contributed by atoms with Crippen LogP contribution in [0.25, 0.3) is 11.1 Å². The predicted octanol–water partition coefficient (Wildman–Crippen LogP) is 8.31. The monoisotopic (exact) mass is 458 g/mol. The van der Waals surface area contributed by atoms with Gasteiger partial charge in [0.1, 0.15) is 0 Å². The molecule has 0 nitrogen and oxygen atoms in total. The lowest BCUT2D eigenvalue weighted by Gasteiger charge is -2.31. The molecule has 5 rings (SSSR count). The zero-order valence-electron chi connectivity index (χ0n) is 19.0. The lowest BCUT2D eigenvalue weighted by molar-refractivity contribution is 0.576. The third-order valence-corrected chi connectivity index (χ3v) is 8.05. The number of rotatable bonds is 0. The Morgan fingerprint density at radius 2 is 1.23 bits per heavy atom. The van der Waals surface area contributed by atoms with Gasteiger partial charge in [0.05, 0.1) is 0 Å². The van der Waals surface area contributed by atoms with Crippen molar-refractivity contribution in [3.63, 3.8) is 0 Å². The number of hydrogen-bond acceptors (Lipinski definition) is 0. The van der Waals surface area contributed by atoms with Crippen molar-refractivity contribution in [1.82, 2.24) is 0 Å². The number of fused-ring (bicyclic) bond motifs is 7. The summed E-state index contributed by atoms with van der Waals surface area (Å²) in [6, 6.07) is 21.3. The quantitative estimate of drug-likeness (QED) is 0.317. The molecule has 0 bridgehead atoms. The van der Waals surface area contributed by atoms with Gasteiger partial charge < -0.3 is 0 Å². The summed E-state index contributed by atoms with van der Waals surface area (Å²) in [7, 11) is 0. The molecular formula is C29H31Br. The zero-order valence-corrected chi connectivity index (χ0v) is 20.6. The molecule has 0 saturated heterocycles. The molecule has 2 aliphatic carbocycles. The third-order valence-electron chi connectivity index (χ3n) is 7.31. The molecule has 0 heterocycles. The van der Waals surface area contributed by atoms with E-state index >= 15 is 0 Å². The smallest absolute Gasteiger partial charge is 0.0470 e. The molecule has 0 amide bonds. The highest BCUT2D eigenvalue weighted by Gasteiger charge is 2.49. The summed E-state index contributed by atoms with van der Waals surface area (Å²) in [5.74, 6) is 0. The molecule has 0 atom stereocenters. The number of halogens is 1. The molecule has 3 aromatic rings. The summed E-state index contributed by atoms with van der Waals surface area (Å²) in [4.78, 5) is 0. The topological polar surface area (TPSA) is 0 Å². The first-order chi connectivity index (χ1) is 14.0. The molecule has 0 aromatic heterocycles. The van der Waals surface area contributed by atoms with E-state index in [1.165, 1.54) is 49.0 Å². The second kappa shape index (κ2) is 6.33. The Hall–Kier alpha value is -1.86. The minimum Gasteiger partial charge on any atom is -0.0608 e. The van der Waals surface area contributed by atoms with Crippen molar-refractivity contribution in [3.05, 3.63) is 92.5 Å². The van der Waals surface area contributed by atoms with Crippen LogP contribution >= 0.6 is 15.9 Å². The largest absolute Gasteiger partial charge is 0.0608 e. The Labute approximate surface area is 189 Å². The summed E-state index contributed by atoms with van der Waals surface area (Å²) in [5, 5.41) is 0. The Bertz CT molecular complexity index is 1100.